The number of hydrogen-bond acceptors (Lipinski definition) is 8. The molecule has 1 aliphatic heterocycles. The van der Waals surface area contributed by atoms with Gasteiger partial charge in [-0.1, -0.05) is 6.07 Å². The van der Waals surface area contributed by atoms with E-state index in [1.807, 2.05) is 60.1 Å². The summed E-state index contributed by atoms with van der Waals surface area (Å²) in [5.41, 5.74) is 12.6. The van der Waals surface area contributed by atoms with Crippen molar-refractivity contribution in [3.05, 3.63) is 84.3 Å². The van der Waals surface area contributed by atoms with E-state index in [1.54, 1.807) is 12.3 Å². The van der Waals surface area contributed by atoms with Gasteiger partial charge in [0.15, 0.2) is 5.78 Å². The Hall–Kier alpha value is -4.50. The maximum atomic E-state index is 13.5. The number of nitrogens with two attached hydrogens (primary N) is 1. The first kappa shape index (κ1) is 25.8. The first-order chi connectivity index (χ1) is 19.4. The molecule has 1 aliphatic rings. The molecular formula is C31H33N7O2. The van der Waals surface area contributed by atoms with E-state index in [4.69, 9.17) is 15.1 Å². The largest absolute Gasteiger partial charge is 0.445 e. The molecule has 9 nitrogen and oxygen atoms in total. The predicted octanol–water partition coefficient (Wildman–Crippen LogP) is 4.76. The van der Waals surface area contributed by atoms with E-state index in [0.29, 0.717) is 35.9 Å². The molecule has 1 saturated heterocycles. The summed E-state index contributed by atoms with van der Waals surface area (Å²) in [5.74, 6) is 2.06. The number of nitrogens with zero attached hydrogens (tertiary/aromatic N) is 6. The number of pyridine rings is 2. The van der Waals surface area contributed by atoms with Crippen LogP contribution >= 0.6 is 0 Å². The molecule has 4 aromatic heterocycles. The smallest absolute Gasteiger partial charge is 0.226 e. The lowest BCUT2D eigenvalue weighted by molar-refractivity contribution is 0.0983. The lowest BCUT2D eigenvalue weighted by atomic mass is 9.93. The number of ketones is 1. The first-order valence-electron chi connectivity index (χ1n) is 13.5. The predicted molar refractivity (Wildman–Crippen MR) is 156 cm³/mol. The first-order valence-corrected chi connectivity index (χ1v) is 13.5. The van der Waals surface area contributed by atoms with Gasteiger partial charge in [-0.05, 0) is 75.0 Å². The van der Waals surface area contributed by atoms with Gasteiger partial charge in [0.05, 0.1) is 6.20 Å². The van der Waals surface area contributed by atoms with Crippen molar-refractivity contribution in [2.75, 3.05) is 44.4 Å². The van der Waals surface area contributed by atoms with E-state index in [9.17, 15) is 4.79 Å². The number of oxazole rings is 1. The Bertz CT molecular complexity index is 1670. The maximum Gasteiger partial charge on any atom is 0.226 e. The fourth-order valence-corrected chi connectivity index (χ4v) is 5.44. The van der Waals surface area contributed by atoms with Crippen molar-refractivity contribution in [2.45, 2.75) is 19.8 Å². The van der Waals surface area contributed by atoms with Gasteiger partial charge >= 0.3 is 0 Å². The monoisotopic (exact) mass is 535 g/mol. The molecule has 0 aliphatic carbocycles. The number of aromatic nitrogens is 4. The van der Waals surface area contributed by atoms with Crippen LogP contribution in [0.2, 0.25) is 0 Å². The molecule has 9 heteroatoms. The minimum atomic E-state index is -0.0280. The summed E-state index contributed by atoms with van der Waals surface area (Å²) >= 11 is 0. The molecule has 0 spiro atoms. The maximum absolute atomic E-state index is 13.5. The Morgan fingerprint density at radius 1 is 1.12 bits per heavy atom. The van der Waals surface area contributed by atoms with Crippen molar-refractivity contribution in [1.82, 2.24) is 24.3 Å². The number of imidazole rings is 1. The molecule has 0 radical (unpaired) electrons. The molecule has 0 atom stereocenters. The van der Waals surface area contributed by atoms with Crippen LogP contribution in [0.3, 0.4) is 0 Å². The van der Waals surface area contributed by atoms with E-state index >= 15 is 0 Å². The van der Waals surface area contributed by atoms with Crippen molar-refractivity contribution < 1.29 is 9.21 Å². The van der Waals surface area contributed by atoms with Crippen LogP contribution in [0.25, 0.3) is 28.2 Å². The summed E-state index contributed by atoms with van der Waals surface area (Å²) in [7, 11) is 4.21. The van der Waals surface area contributed by atoms with Crippen LogP contribution < -0.4 is 10.6 Å². The highest BCUT2D eigenvalue weighted by atomic mass is 16.3. The van der Waals surface area contributed by atoms with Crippen LogP contribution in [0.4, 0.5) is 11.5 Å². The van der Waals surface area contributed by atoms with Gasteiger partial charge in [-0.3, -0.25) is 4.79 Å². The molecular weight excluding hydrogens is 502 g/mol. The normalized spacial score (nSPS) is 13.8. The number of rotatable bonds is 9. The standard InChI is InChI=1S/C31H33N7O2/c1-20-15-34-29-10-7-22(19-38(20)29)24-13-26(27(32)14-25(24)31-33-11-12-40-31)28(39)9-8-23-5-4-6-30(35-23)37-17-21(18-37)16-36(2)3/h4-7,10-15,19,21H,8-9,16-18,32H2,1-3H3. The van der Waals surface area contributed by atoms with Crippen LogP contribution in [-0.2, 0) is 6.42 Å². The summed E-state index contributed by atoms with van der Waals surface area (Å²) in [6.07, 6.45) is 7.82. The summed E-state index contributed by atoms with van der Waals surface area (Å²) in [6.45, 7) is 5.10. The van der Waals surface area contributed by atoms with E-state index in [1.165, 1.54) is 6.26 Å². The van der Waals surface area contributed by atoms with Gasteiger partial charge in [-0.2, -0.15) is 0 Å². The number of anilines is 2. The number of hydrogen-bond donors (Lipinski definition) is 1. The molecule has 0 bridgehead atoms. The zero-order valence-electron chi connectivity index (χ0n) is 23.0. The minimum absolute atomic E-state index is 0.0280. The second-order valence-electron chi connectivity index (χ2n) is 10.8. The molecule has 40 heavy (non-hydrogen) atoms. The third-order valence-corrected chi connectivity index (χ3v) is 7.46. The Morgan fingerprint density at radius 2 is 1.98 bits per heavy atom. The van der Waals surface area contributed by atoms with Gasteiger partial charge in [-0.15, -0.1) is 0 Å². The second kappa shape index (κ2) is 10.6. The van der Waals surface area contributed by atoms with E-state index in [-0.39, 0.29) is 5.78 Å². The third-order valence-electron chi connectivity index (χ3n) is 7.46. The van der Waals surface area contributed by atoms with Crippen molar-refractivity contribution >= 4 is 22.9 Å². The molecule has 0 saturated carbocycles. The van der Waals surface area contributed by atoms with Crippen LogP contribution in [0, 0.1) is 12.8 Å². The molecule has 0 unspecified atom stereocenters. The van der Waals surface area contributed by atoms with Crippen molar-refractivity contribution in [1.29, 1.82) is 0 Å². The molecule has 6 rings (SSSR count). The van der Waals surface area contributed by atoms with Gasteiger partial charge in [-0.25, -0.2) is 15.0 Å². The fourth-order valence-electron chi connectivity index (χ4n) is 5.44. The Balaban J connectivity index is 1.24. The highest BCUT2D eigenvalue weighted by Gasteiger charge is 2.28. The highest BCUT2D eigenvalue weighted by Crippen LogP contribution is 2.36. The third kappa shape index (κ3) is 5.08. The molecule has 5 heterocycles. The zero-order chi connectivity index (χ0) is 27.8. The van der Waals surface area contributed by atoms with E-state index < -0.39 is 0 Å². The molecule has 1 fully saturated rings. The number of benzene rings is 1. The minimum Gasteiger partial charge on any atom is -0.445 e. The second-order valence-corrected chi connectivity index (χ2v) is 10.8. The fraction of sp³-hybridized carbons (Fsp3) is 0.290. The van der Waals surface area contributed by atoms with Gasteiger partial charge in [0, 0.05) is 72.6 Å². The van der Waals surface area contributed by atoms with Gasteiger partial charge < -0.3 is 24.4 Å². The van der Waals surface area contributed by atoms with Gasteiger partial charge in [0.1, 0.15) is 17.7 Å². The SMILES string of the molecule is Cc1cnc2ccc(-c3cc(C(=O)CCc4cccc(N5CC(CN(C)C)C5)n4)c(N)cc3-c3ncco3)cn12. The zero-order valence-corrected chi connectivity index (χ0v) is 23.0. The van der Waals surface area contributed by atoms with Crippen LogP contribution in [0.5, 0.6) is 0 Å². The van der Waals surface area contributed by atoms with Gasteiger partial charge in [0.25, 0.3) is 0 Å². The molecule has 0 amide bonds. The number of aryl methyl sites for hydroxylation is 2. The number of Topliss-reactive ketones (excluding diaryl/α,β-unsaturated/α-hetero) is 1. The molecule has 5 aromatic rings. The number of fused-ring (bicyclic) bond motifs is 1. The Labute approximate surface area is 233 Å². The van der Waals surface area contributed by atoms with Gasteiger partial charge in [0.2, 0.25) is 5.89 Å². The summed E-state index contributed by atoms with van der Waals surface area (Å²) < 4.78 is 7.64. The van der Waals surface area contributed by atoms with Crippen molar-refractivity contribution in [3.8, 4) is 22.6 Å². The average Bonchev–Trinajstić information content (AvgIpc) is 3.59. The molecule has 1 aromatic carbocycles. The molecule has 204 valence electrons. The Morgan fingerprint density at radius 3 is 2.75 bits per heavy atom. The van der Waals surface area contributed by atoms with Crippen molar-refractivity contribution in [2.24, 2.45) is 5.92 Å². The Kier molecular flexibility index (Phi) is 6.81. The number of nitrogen functional groups attached to an aromatic ring is 1. The average molecular weight is 536 g/mol. The van der Waals surface area contributed by atoms with E-state index in [0.717, 1.165) is 59.2 Å². The lowest BCUT2D eigenvalue weighted by Crippen LogP contribution is -2.51. The van der Waals surface area contributed by atoms with Crippen LogP contribution in [0.1, 0.15) is 28.2 Å². The van der Waals surface area contributed by atoms with Crippen molar-refractivity contribution in [3.63, 3.8) is 0 Å². The highest BCUT2D eigenvalue weighted by molar-refractivity contribution is 6.03. The van der Waals surface area contributed by atoms with Crippen LogP contribution in [0.15, 0.2) is 71.7 Å². The van der Waals surface area contributed by atoms with Crippen LogP contribution in [-0.4, -0.2) is 63.8 Å². The topological polar surface area (TPSA) is 106 Å². The van der Waals surface area contributed by atoms with E-state index in [2.05, 4.69) is 33.9 Å². The lowest BCUT2D eigenvalue weighted by Gasteiger charge is -2.41. The summed E-state index contributed by atoms with van der Waals surface area (Å²) in [4.78, 5) is 31.6. The molecule has 2 N–H and O–H groups in total. The summed E-state index contributed by atoms with van der Waals surface area (Å²) in [6, 6.07) is 13.6. The quantitative estimate of drug-likeness (QED) is 0.213. The summed E-state index contributed by atoms with van der Waals surface area (Å²) in [5, 5.41) is 0. The number of carbonyl (C=O) groups is 1. The number of carbonyl (C=O) groups excluding carboxylic acids is 1.